The van der Waals surface area contributed by atoms with Gasteiger partial charge in [-0.3, -0.25) is 5.32 Å². The van der Waals surface area contributed by atoms with Crippen LogP contribution in [0.3, 0.4) is 0 Å². The lowest BCUT2D eigenvalue weighted by Gasteiger charge is -1.99. The maximum absolute atomic E-state index is 10.9. The average Bonchev–Trinajstić information content (AvgIpc) is 2.79. The molecule has 7 heteroatoms. The number of carbonyl (C=O) groups excluding carboxylic acids is 1. The van der Waals surface area contributed by atoms with E-state index in [1.54, 1.807) is 6.07 Å². The summed E-state index contributed by atoms with van der Waals surface area (Å²) in [7, 11) is 1.16. The fraction of sp³-hybridized carbons (Fsp3) is 0.600. The average molecular weight is 167 g/mol. The van der Waals surface area contributed by atoms with Crippen LogP contribution in [0.5, 0.6) is 0 Å². The second-order valence-corrected chi connectivity index (χ2v) is 2.16. The molecular weight excluding hydrogens is 162 g/mol. The second kappa shape index (κ2) is 2.70. The van der Waals surface area contributed by atoms with E-state index in [1.165, 1.54) is 0 Å². The van der Waals surface area contributed by atoms with Crippen molar-refractivity contribution in [1.82, 2.24) is 5.32 Å². The van der Waals surface area contributed by atoms with Crippen molar-refractivity contribution >= 4 is 5.97 Å². The topological polar surface area (TPSA) is 121 Å². The Hall–Kier alpha value is -1.77. The van der Waals surface area contributed by atoms with Crippen LogP contribution in [0.1, 0.15) is 0 Å². The van der Waals surface area contributed by atoms with E-state index in [9.17, 15) is 4.79 Å². The van der Waals surface area contributed by atoms with Crippen LogP contribution in [-0.2, 0) is 9.53 Å². The number of nitrogens with zero attached hydrogens (tertiary/aromatic N) is 4. The van der Waals surface area contributed by atoms with Gasteiger partial charge in [0, 0.05) is 4.91 Å². The summed E-state index contributed by atoms with van der Waals surface area (Å²) in [4.78, 5) is 13.4. The minimum Gasteiger partial charge on any atom is -0.467 e. The highest BCUT2D eigenvalue weighted by atomic mass is 16.5. The number of hydrogen-bond donors (Lipinski definition) is 1. The molecule has 0 spiro atoms. The van der Waals surface area contributed by atoms with E-state index in [2.05, 4.69) is 20.1 Å². The van der Waals surface area contributed by atoms with Crippen LogP contribution in [0.2, 0.25) is 0 Å². The van der Waals surface area contributed by atoms with Crippen LogP contribution in [0.25, 0.3) is 10.4 Å². The van der Waals surface area contributed by atoms with Gasteiger partial charge < -0.3 is 4.74 Å². The number of nitriles is 1. The van der Waals surface area contributed by atoms with Gasteiger partial charge in [0.15, 0.2) is 0 Å². The largest absolute Gasteiger partial charge is 0.467 e. The summed E-state index contributed by atoms with van der Waals surface area (Å²) in [5.41, 5.74) is 6.56. The summed E-state index contributed by atoms with van der Waals surface area (Å²) in [5.74, 6) is -0.734. The van der Waals surface area contributed by atoms with Gasteiger partial charge in [0.25, 0.3) is 0 Å². The zero-order valence-electron chi connectivity index (χ0n) is 6.18. The molecule has 1 heterocycles. The van der Waals surface area contributed by atoms with Crippen LogP contribution in [0.4, 0.5) is 0 Å². The van der Waals surface area contributed by atoms with Gasteiger partial charge in [0.2, 0.25) is 5.54 Å². The monoisotopic (exact) mass is 167 g/mol. The Balaban J connectivity index is 2.79. The molecule has 1 aliphatic rings. The number of methoxy groups -OCH3 is 1. The van der Waals surface area contributed by atoms with Gasteiger partial charge in [0.05, 0.1) is 13.2 Å². The molecule has 2 atom stereocenters. The quantitative estimate of drug-likeness (QED) is 0.199. The van der Waals surface area contributed by atoms with Crippen molar-refractivity contribution in [3.8, 4) is 6.07 Å². The van der Waals surface area contributed by atoms with E-state index in [-0.39, 0.29) is 0 Å². The molecule has 7 nitrogen and oxygen atoms in total. The van der Waals surface area contributed by atoms with Gasteiger partial charge in [-0.2, -0.15) is 5.26 Å². The molecule has 2 unspecified atom stereocenters. The van der Waals surface area contributed by atoms with E-state index >= 15 is 0 Å². The predicted molar refractivity (Wildman–Crippen MR) is 36.4 cm³/mol. The molecule has 12 heavy (non-hydrogen) atoms. The van der Waals surface area contributed by atoms with E-state index in [4.69, 9.17) is 10.8 Å². The van der Waals surface area contributed by atoms with E-state index in [0.717, 1.165) is 7.11 Å². The molecule has 62 valence electrons. The number of azide groups is 1. The van der Waals surface area contributed by atoms with Crippen LogP contribution in [0, 0.1) is 11.3 Å². The first-order valence-electron chi connectivity index (χ1n) is 3.03. The first-order chi connectivity index (χ1) is 5.71. The van der Waals surface area contributed by atoms with Crippen molar-refractivity contribution in [3.05, 3.63) is 10.4 Å². The Kier molecular flexibility index (Phi) is 1.87. The zero-order valence-corrected chi connectivity index (χ0v) is 6.18. The van der Waals surface area contributed by atoms with Crippen molar-refractivity contribution in [2.45, 2.75) is 11.7 Å². The van der Waals surface area contributed by atoms with Gasteiger partial charge >= 0.3 is 5.97 Å². The number of esters is 1. The number of ether oxygens (including phenoxy) is 1. The first-order valence-corrected chi connectivity index (χ1v) is 3.03. The van der Waals surface area contributed by atoms with Gasteiger partial charge in [-0.05, 0) is 5.53 Å². The summed E-state index contributed by atoms with van der Waals surface area (Å²) in [5, 5.41) is 14.2. The number of carbonyl (C=O) groups is 1. The highest BCUT2D eigenvalue weighted by molar-refractivity contribution is 5.89. The normalized spacial score (nSPS) is 31.2. The van der Waals surface area contributed by atoms with Crippen LogP contribution in [0.15, 0.2) is 5.11 Å². The number of nitrogens with one attached hydrogen (secondary N) is 1. The van der Waals surface area contributed by atoms with Crippen molar-refractivity contribution < 1.29 is 9.53 Å². The lowest BCUT2D eigenvalue weighted by Crippen LogP contribution is -2.28. The Bertz CT molecular complexity index is 301. The Morgan fingerprint density at radius 3 is 3.08 bits per heavy atom. The van der Waals surface area contributed by atoms with E-state index in [0.29, 0.717) is 0 Å². The van der Waals surface area contributed by atoms with Gasteiger partial charge in [-0.15, -0.1) is 0 Å². The molecule has 1 rings (SSSR count). The van der Waals surface area contributed by atoms with Crippen molar-refractivity contribution in [1.29, 1.82) is 5.26 Å². The molecule has 1 aliphatic heterocycles. The first kappa shape index (κ1) is 8.33. The third-order valence-electron chi connectivity index (χ3n) is 1.54. The molecule has 0 amide bonds. The Morgan fingerprint density at radius 1 is 2.00 bits per heavy atom. The fourth-order valence-corrected chi connectivity index (χ4v) is 0.812. The van der Waals surface area contributed by atoms with Crippen molar-refractivity contribution in [2.75, 3.05) is 7.11 Å². The minimum absolute atomic E-state index is 0.734. The van der Waals surface area contributed by atoms with E-state index < -0.39 is 17.7 Å². The van der Waals surface area contributed by atoms with E-state index in [1.807, 2.05) is 0 Å². The molecular formula is C5H5N5O2. The van der Waals surface area contributed by atoms with Crippen LogP contribution >= 0.6 is 0 Å². The van der Waals surface area contributed by atoms with Gasteiger partial charge in [-0.1, -0.05) is 5.11 Å². The van der Waals surface area contributed by atoms with Gasteiger partial charge in [-0.25, -0.2) is 4.79 Å². The van der Waals surface area contributed by atoms with Crippen LogP contribution in [-0.4, -0.2) is 24.8 Å². The molecule has 1 saturated heterocycles. The Morgan fingerprint density at radius 2 is 2.67 bits per heavy atom. The standard InChI is InChI=1S/C5H5N5O2/c1-12-4(11)5(2-6)3(8-5)9-10-7/h3,8H,1H3. The third-order valence-corrected chi connectivity index (χ3v) is 1.54. The smallest absolute Gasteiger partial charge is 0.342 e. The second-order valence-electron chi connectivity index (χ2n) is 2.16. The highest BCUT2D eigenvalue weighted by Crippen LogP contribution is 2.28. The SMILES string of the molecule is COC(=O)C1(C#N)NC1N=[N+]=[N-]. The summed E-state index contributed by atoms with van der Waals surface area (Å²) in [6, 6.07) is 1.69. The fourth-order valence-electron chi connectivity index (χ4n) is 0.812. The summed E-state index contributed by atoms with van der Waals surface area (Å²) in [6.07, 6.45) is -0.806. The number of rotatable bonds is 2. The molecule has 0 bridgehead atoms. The summed E-state index contributed by atoms with van der Waals surface area (Å²) in [6.45, 7) is 0. The maximum atomic E-state index is 10.9. The molecule has 0 aliphatic carbocycles. The Labute approximate surface area is 67.5 Å². The zero-order chi connectivity index (χ0) is 9.19. The number of hydrogen-bond acceptors (Lipinski definition) is 5. The maximum Gasteiger partial charge on any atom is 0.342 e. The van der Waals surface area contributed by atoms with Crippen LogP contribution < -0.4 is 5.32 Å². The lowest BCUT2D eigenvalue weighted by molar-refractivity contribution is -0.142. The third kappa shape index (κ3) is 0.955. The minimum atomic E-state index is -1.46. The molecule has 1 N–H and O–H groups in total. The molecule has 1 fully saturated rings. The lowest BCUT2D eigenvalue weighted by atomic mass is 10.1. The predicted octanol–water partition coefficient (Wildman–Crippen LogP) is -0.339. The van der Waals surface area contributed by atoms with Crippen molar-refractivity contribution in [2.24, 2.45) is 5.11 Å². The van der Waals surface area contributed by atoms with Gasteiger partial charge in [0.1, 0.15) is 6.17 Å². The molecule has 0 radical (unpaired) electrons. The summed E-state index contributed by atoms with van der Waals surface area (Å²) < 4.78 is 4.34. The van der Waals surface area contributed by atoms with Crippen molar-refractivity contribution in [3.63, 3.8) is 0 Å². The molecule has 0 aromatic carbocycles. The molecule has 0 saturated carbocycles. The molecule has 0 aromatic heterocycles. The molecule has 0 aromatic rings. The summed E-state index contributed by atoms with van der Waals surface area (Å²) >= 11 is 0. The highest BCUT2D eigenvalue weighted by Gasteiger charge is 2.62.